The lowest BCUT2D eigenvalue weighted by Gasteiger charge is -2.21. The summed E-state index contributed by atoms with van der Waals surface area (Å²) in [6, 6.07) is 5.71. The molecule has 5 heteroatoms. The van der Waals surface area contributed by atoms with Gasteiger partial charge in [0.1, 0.15) is 5.58 Å². The van der Waals surface area contributed by atoms with Crippen molar-refractivity contribution < 1.29 is 9.21 Å². The van der Waals surface area contributed by atoms with Gasteiger partial charge in [0.25, 0.3) is 0 Å². The molecule has 22 heavy (non-hydrogen) atoms. The van der Waals surface area contributed by atoms with Gasteiger partial charge in [0, 0.05) is 53.6 Å². The lowest BCUT2D eigenvalue weighted by atomic mass is 10.0. The maximum Gasteiger partial charge on any atom is 0.345 e. The van der Waals surface area contributed by atoms with Crippen LogP contribution in [-0.2, 0) is 0 Å². The summed E-state index contributed by atoms with van der Waals surface area (Å²) in [6.07, 6.45) is 3.62. The molecule has 3 rings (SSSR count). The van der Waals surface area contributed by atoms with Crippen molar-refractivity contribution in [2.45, 2.75) is 13.8 Å². The van der Waals surface area contributed by atoms with Crippen LogP contribution in [0.25, 0.3) is 21.7 Å². The number of hydrogen-bond acceptors (Lipinski definition) is 5. The fourth-order valence-electron chi connectivity index (χ4n) is 2.76. The number of aldehydes is 1. The van der Waals surface area contributed by atoms with Crippen LogP contribution in [0.1, 0.15) is 24.2 Å². The van der Waals surface area contributed by atoms with Gasteiger partial charge in [-0.2, -0.15) is 0 Å². The average Bonchev–Trinajstić information content (AvgIpc) is 2.55. The minimum absolute atomic E-state index is 0.327. The Bertz CT molecular complexity index is 911. The standard InChI is InChI=1S/C17H16N2O3/c1-3-19(4-2)12-5-6-13-15(7-12)22-17(21)14-9-18-8-11(10-20)16(13)14/h5-10H,3-4H2,1-2H3. The normalized spacial score (nSPS) is 11.0. The summed E-state index contributed by atoms with van der Waals surface area (Å²) in [5.41, 5.74) is 1.39. The summed E-state index contributed by atoms with van der Waals surface area (Å²) < 4.78 is 5.42. The molecule has 0 aliphatic carbocycles. The first-order chi connectivity index (χ1) is 10.7. The molecule has 112 valence electrons. The highest BCUT2D eigenvalue weighted by molar-refractivity contribution is 6.11. The topological polar surface area (TPSA) is 63.4 Å². The number of aromatic nitrogens is 1. The molecule has 0 saturated carbocycles. The van der Waals surface area contributed by atoms with E-state index in [0.29, 0.717) is 28.2 Å². The summed E-state index contributed by atoms with van der Waals surface area (Å²) in [5.74, 6) is 0. The number of hydrogen-bond donors (Lipinski definition) is 0. The Morgan fingerprint density at radius 1 is 1.18 bits per heavy atom. The van der Waals surface area contributed by atoms with Gasteiger partial charge in [-0.05, 0) is 26.0 Å². The molecule has 1 aromatic carbocycles. The van der Waals surface area contributed by atoms with E-state index in [9.17, 15) is 9.59 Å². The van der Waals surface area contributed by atoms with E-state index < -0.39 is 5.63 Å². The predicted molar refractivity (Wildman–Crippen MR) is 86.7 cm³/mol. The Hall–Kier alpha value is -2.69. The molecule has 0 bridgehead atoms. The molecule has 0 radical (unpaired) electrons. The third-order valence-corrected chi connectivity index (χ3v) is 3.89. The van der Waals surface area contributed by atoms with Crippen molar-refractivity contribution in [2.24, 2.45) is 0 Å². The largest absolute Gasteiger partial charge is 0.422 e. The first kappa shape index (κ1) is 14.3. The van der Waals surface area contributed by atoms with Gasteiger partial charge >= 0.3 is 5.63 Å². The Morgan fingerprint density at radius 3 is 2.64 bits per heavy atom. The molecule has 0 aliphatic rings. The highest BCUT2D eigenvalue weighted by atomic mass is 16.4. The van der Waals surface area contributed by atoms with E-state index >= 15 is 0 Å². The van der Waals surface area contributed by atoms with Gasteiger partial charge in [-0.1, -0.05) is 0 Å². The third kappa shape index (κ3) is 2.15. The molecular formula is C17H16N2O3. The zero-order valence-electron chi connectivity index (χ0n) is 12.5. The second-order valence-electron chi connectivity index (χ2n) is 5.01. The van der Waals surface area contributed by atoms with Crippen LogP contribution in [0.4, 0.5) is 5.69 Å². The van der Waals surface area contributed by atoms with Crippen molar-refractivity contribution in [2.75, 3.05) is 18.0 Å². The number of nitrogens with zero attached hydrogens (tertiary/aromatic N) is 2. The van der Waals surface area contributed by atoms with Gasteiger partial charge in [-0.25, -0.2) is 4.79 Å². The maximum atomic E-state index is 12.1. The fourth-order valence-corrected chi connectivity index (χ4v) is 2.76. The van der Waals surface area contributed by atoms with E-state index in [0.717, 1.165) is 24.2 Å². The Labute approximate surface area is 127 Å². The number of carbonyl (C=O) groups is 1. The summed E-state index contributed by atoms with van der Waals surface area (Å²) in [7, 11) is 0. The number of rotatable bonds is 4. The number of pyridine rings is 1. The third-order valence-electron chi connectivity index (χ3n) is 3.89. The summed E-state index contributed by atoms with van der Waals surface area (Å²) in [6.45, 7) is 5.87. The monoisotopic (exact) mass is 296 g/mol. The van der Waals surface area contributed by atoms with E-state index in [1.807, 2.05) is 18.2 Å². The van der Waals surface area contributed by atoms with Gasteiger partial charge in [-0.3, -0.25) is 9.78 Å². The van der Waals surface area contributed by atoms with Gasteiger partial charge in [0.15, 0.2) is 6.29 Å². The molecule has 0 unspecified atom stereocenters. The van der Waals surface area contributed by atoms with E-state index in [4.69, 9.17) is 4.42 Å². The van der Waals surface area contributed by atoms with Gasteiger partial charge < -0.3 is 9.32 Å². The molecule has 0 N–H and O–H groups in total. The molecule has 0 amide bonds. The van der Waals surface area contributed by atoms with Crippen molar-refractivity contribution in [3.63, 3.8) is 0 Å². The number of fused-ring (bicyclic) bond motifs is 3. The molecule has 5 nitrogen and oxygen atoms in total. The highest BCUT2D eigenvalue weighted by Crippen LogP contribution is 2.28. The van der Waals surface area contributed by atoms with Crippen LogP contribution in [0.2, 0.25) is 0 Å². The first-order valence-electron chi connectivity index (χ1n) is 7.24. The molecule has 2 aromatic heterocycles. The molecule has 2 heterocycles. The second kappa shape index (κ2) is 5.60. The van der Waals surface area contributed by atoms with Crippen molar-refractivity contribution in [1.82, 2.24) is 4.98 Å². The molecule has 0 aliphatic heterocycles. The van der Waals surface area contributed by atoms with Crippen LogP contribution < -0.4 is 10.5 Å². The van der Waals surface area contributed by atoms with Crippen molar-refractivity contribution in [1.29, 1.82) is 0 Å². The number of anilines is 1. The van der Waals surface area contributed by atoms with Crippen molar-refractivity contribution >= 4 is 33.7 Å². The predicted octanol–water partition coefficient (Wildman–Crippen LogP) is 3.00. The summed E-state index contributed by atoms with van der Waals surface area (Å²) >= 11 is 0. The lowest BCUT2D eigenvalue weighted by molar-refractivity contribution is 0.112. The van der Waals surface area contributed by atoms with E-state index in [1.54, 1.807) is 0 Å². The fraction of sp³-hybridized carbons (Fsp3) is 0.235. The Balaban J connectivity index is 2.39. The number of benzene rings is 1. The SMILES string of the molecule is CCN(CC)c1ccc2c(c1)oc(=O)c1cncc(C=O)c12. The summed E-state index contributed by atoms with van der Waals surface area (Å²) in [4.78, 5) is 29.5. The van der Waals surface area contributed by atoms with E-state index in [1.165, 1.54) is 12.4 Å². The molecule has 3 aromatic rings. The van der Waals surface area contributed by atoms with Crippen LogP contribution in [0, 0.1) is 0 Å². The lowest BCUT2D eigenvalue weighted by Crippen LogP contribution is -2.21. The van der Waals surface area contributed by atoms with Gasteiger partial charge in [0.05, 0.1) is 5.39 Å². The van der Waals surface area contributed by atoms with Gasteiger partial charge in [0.2, 0.25) is 0 Å². The average molecular weight is 296 g/mol. The minimum atomic E-state index is -0.476. The number of carbonyl (C=O) groups excluding carboxylic acids is 1. The van der Waals surface area contributed by atoms with E-state index in [-0.39, 0.29) is 0 Å². The molecule has 0 fully saturated rings. The maximum absolute atomic E-state index is 12.1. The van der Waals surface area contributed by atoms with Crippen LogP contribution >= 0.6 is 0 Å². The summed E-state index contributed by atoms with van der Waals surface area (Å²) in [5, 5.41) is 1.67. The van der Waals surface area contributed by atoms with Crippen LogP contribution in [0.3, 0.4) is 0 Å². The molecule has 0 atom stereocenters. The highest BCUT2D eigenvalue weighted by Gasteiger charge is 2.13. The second-order valence-corrected chi connectivity index (χ2v) is 5.01. The molecule has 0 saturated heterocycles. The van der Waals surface area contributed by atoms with E-state index in [2.05, 4.69) is 23.7 Å². The molecule has 0 spiro atoms. The van der Waals surface area contributed by atoms with Crippen LogP contribution in [-0.4, -0.2) is 24.4 Å². The van der Waals surface area contributed by atoms with Crippen molar-refractivity contribution in [3.05, 3.63) is 46.6 Å². The van der Waals surface area contributed by atoms with Crippen LogP contribution in [0.5, 0.6) is 0 Å². The Morgan fingerprint density at radius 2 is 1.95 bits per heavy atom. The van der Waals surface area contributed by atoms with Gasteiger partial charge in [-0.15, -0.1) is 0 Å². The smallest absolute Gasteiger partial charge is 0.345 e. The first-order valence-corrected chi connectivity index (χ1v) is 7.24. The van der Waals surface area contributed by atoms with Crippen LogP contribution in [0.15, 0.2) is 39.8 Å². The zero-order chi connectivity index (χ0) is 15.7. The zero-order valence-corrected chi connectivity index (χ0v) is 12.5. The molecular weight excluding hydrogens is 280 g/mol. The van der Waals surface area contributed by atoms with Crippen molar-refractivity contribution in [3.8, 4) is 0 Å². The minimum Gasteiger partial charge on any atom is -0.422 e. The Kier molecular flexibility index (Phi) is 3.63. The quantitative estimate of drug-likeness (QED) is 0.421.